The molecule has 1 saturated carbocycles. The molecule has 0 heterocycles. The number of benzene rings is 2. The topological polar surface area (TPSA) is 75.3 Å². The summed E-state index contributed by atoms with van der Waals surface area (Å²) < 4.78 is 67.3. The van der Waals surface area contributed by atoms with E-state index in [0.717, 1.165) is 31.7 Å². The van der Waals surface area contributed by atoms with Crippen LogP contribution in [0.25, 0.3) is 0 Å². The van der Waals surface area contributed by atoms with Crippen LogP contribution in [-0.2, 0) is 10.0 Å². The summed E-state index contributed by atoms with van der Waals surface area (Å²) in [5.41, 5.74) is -0.545. The molecule has 0 radical (unpaired) electrons. The van der Waals surface area contributed by atoms with Gasteiger partial charge in [-0.15, -0.1) is 23.3 Å². The highest BCUT2D eigenvalue weighted by molar-refractivity contribution is 8.59. The van der Waals surface area contributed by atoms with Crippen molar-refractivity contribution in [2.45, 2.75) is 36.6 Å². The minimum absolute atomic E-state index is 0.0552. The van der Waals surface area contributed by atoms with E-state index < -0.39 is 33.4 Å². The quantitative estimate of drug-likeness (QED) is 0.266. The number of hydrogen-bond donors (Lipinski definition) is 4. The molecule has 3 rings (SSSR count). The van der Waals surface area contributed by atoms with Gasteiger partial charge >= 0.3 is 0 Å². The maximum Gasteiger partial charge on any atom is 0.257 e. The van der Waals surface area contributed by atoms with E-state index in [4.69, 9.17) is 11.6 Å². The van der Waals surface area contributed by atoms with E-state index in [1.165, 1.54) is 12.1 Å². The molecule has 12 heteroatoms. The lowest BCUT2D eigenvalue weighted by Crippen LogP contribution is -2.32. The van der Waals surface area contributed by atoms with Crippen LogP contribution in [0.3, 0.4) is 0 Å². The first-order valence-electron chi connectivity index (χ1n) is 8.65. The number of nitrogens with one attached hydrogen (secondary N) is 2. The first-order chi connectivity index (χ1) is 14.2. The summed E-state index contributed by atoms with van der Waals surface area (Å²) in [6, 6.07) is 4.62. The lowest BCUT2D eigenvalue weighted by Gasteiger charge is -2.14. The third-order valence-corrected chi connectivity index (χ3v) is 6.26. The number of amides is 1. The summed E-state index contributed by atoms with van der Waals surface area (Å²) in [5, 5.41) is 2.12. The summed E-state index contributed by atoms with van der Waals surface area (Å²) >= 11 is 12.4. The summed E-state index contributed by atoms with van der Waals surface area (Å²) in [6.07, 6.45) is 3.35. The van der Waals surface area contributed by atoms with E-state index in [0.29, 0.717) is 12.1 Å². The molecule has 0 bridgehead atoms. The Morgan fingerprint density at radius 2 is 1.60 bits per heavy atom. The van der Waals surface area contributed by atoms with Gasteiger partial charge in [-0.25, -0.2) is 26.3 Å². The van der Waals surface area contributed by atoms with Gasteiger partial charge in [0.1, 0.15) is 0 Å². The van der Waals surface area contributed by atoms with E-state index in [1.807, 2.05) is 0 Å². The maximum absolute atomic E-state index is 13.3. The van der Waals surface area contributed by atoms with E-state index in [2.05, 4.69) is 33.4 Å². The fourth-order valence-electron chi connectivity index (χ4n) is 3.00. The van der Waals surface area contributed by atoms with Crippen molar-refractivity contribution in [2.24, 2.45) is 0 Å². The van der Waals surface area contributed by atoms with E-state index in [1.54, 1.807) is 0 Å². The Balaban J connectivity index is 0.00000155. The van der Waals surface area contributed by atoms with Gasteiger partial charge in [-0.05, 0) is 31.0 Å². The second-order valence-corrected chi connectivity index (χ2v) is 8.57. The molecule has 0 aromatic heterocycles. The van der Waals surface area contributed by atoms with Crippen LogP contribution in [0.4, 0.5) is 18.9 Å². The van der Waals surface area contributed by atoms with Crippen molar-refractivity contribution < 1.29 is 26.4 Å². The average molecular weight is 499 g/mol. The monoisotopic (exact) mass is 498 g/mol. The van der Waals surface area contributed by atoms with Crippen LogP contribution in [0, 0.1) is 17.5 Å². The van der Waals surface area contributed by atoms with Gasteiger partial charge in [-0.2, -0.15) is 0 Å². The molecular weight excluding hydrogens is 481 g/mol. The predicted molar refractivity (Wildman–Crippen MR) is 116 cm³/mol. The number of carbonyl (C=O) groups excluding carboxylic acids is 1. The standard InChI is InChI=1S/C18H16ClF3N2O3S.H2S2/c19-14-6-5-12(28(26,27)24-10-3-1-2-4-10)9-13(14)18(25)23-11-7-15(20)17(22)16(21)8-11;1-2/h5-10,24H,1-4H2,(H,23,25);1-2H. The van der Waals surface area contributed by atoms with Gasteiger partial charge in [-0.1, -0.05) is 24.4 Å². The fraction of sp³-hybridized carbons (Fsp3) is 0.278. The Bertz CT molecular complexity index is 1010. The molecule has 2 aromatic rings. The van der Waals surface area contributed by atoms with Gasteiger partial charge in [0.2, 0.25) is 10.0 Å². The zero-order valence-corrected chi connectivity index (χ0v) is 18.7. The summed E-state index contributed by atoms with van der Waals surface area (Å²) in [5.74, 6) is -5.51. The number of hydrogen-bond acceptors (Lipinski definition) is 5. The van der Waals surface area contributed by atoms with Crippen LogP contribution in [0.15, 0.2) is 35.2 Å². The summed E-state index contributed by atoms with van der Waals surface area (Å²) in [7, 11) is -3.87. The SMILES string of the molecule is O=C(Nc1cc(F)c(F)c(F)c1)c1cc(S(=O)(=O)NC2CCCC2)ccc1Cl.SS. The molecule has 0 saturated heterocycles. The van der Waals surface area contributed by atoms with Crippen molar-refractivity contribution in [3.05, 3.63) is 58.4 Å². The molecular formula is C18H18ClF3N2O3S3. The third kappa shape index (κ3) is 6.07. The highest BCUT2D eigenvalue weighted by Crippen LogP contribution is 2.25. The molecule has 0 spiro atoms. The third-order valence-electron chi connectivity index (χ3n) is 4.41. The van der Waals surface area contributed by atoms with E-state index >= 15 is 0 Å². The number of thiol groups is 2. The molecule has 1 fully saturated rings. The van der Waals surface area contributed by atoms with Crippen molar-refractivity contribution in [2.75, 3.05) is 5.32 Å². The Morgan fingerprint density at radius 3 is 2.17 bits per heavy atom. The molecule has 2 aromatic carbocycles. The van der Waals surface area contributed by atoms with Crippen LogP contribution < -0.4 is 10.0 Å². The lowest BCUT2D eigenvalue weighted by molar-refractivity contribution is 0.102. The van der Waals surface area contributed by atoms with E-state index in [-0.39, 0.29) is 27.2 Å². The smallest absolute Gasteiger partial charge is 0.257 e. The van der Waals surface area contributed by atoms with Gasteiger partial charge in [0.05, 0.1) is 15.5 Å². The molecule has 30 heavy (non-hydrogen) atoms. The first-order valence-corrected chi connectivity index (χ1v) is 12.1. The number of carbonyl (C=O) groups is 1. The molecule has 1 aliphatic carbocycles. The first kappa shape index (κ1) is 24.9. The average Bonchev–Trinajstić information content (AvgIpc) is 3.20. The zero-order chi connectivity index (χ0) is 22.5. The number of sulfonamides is 1. The largest absolute Gasteiger partial charge is 0.322 e. The Hall–Kier alpha value is -1.40. The minimum atomic E-state index is -3.87. The second-order valence-electron chi connectivity index (χ2n) is 6.45. The number of anilines is 1. The molecule has 0 atom stereocenters. The van der Waals surface area contributed by atoms with Crippen LogP contribution >= 0.6 is 34.9 Å². The van der Waals surface area contributed by atoms with Crippen molar-refractivity contribution in [1.29, 1.82) is 0 Å². The normalized spacial score (nSPS) is 14.2. The summed E-state index contributed by atoms with van der Waals surface area (Å²) in [6.45, 7) is 0. The van der Waals surface area contributed by atoms with Gasteiger partial charge in [-0.3, -0.25) is 4.79 Å². The Kier molecular flexibility index (Phi) is 8.92. The molecule has 1 aliphatic rings. The van der Waals surface area contributed by atoms with Crippen molar-refractivity contribution in [3.63, 3.8) is 0 Å². The van der Waals surface area contributed by atoms with Crippen LogP contribution in [0.2, 0.25) is 5.02 Å². The lowest BCUT2D eigenvalue weighted by atomic mass is 10.2. The second kappa shape index (κ2) is 10.8. The van der Waals surface area contributed by atoms with Crippen LogP contribution in [0.1, 0.15) is 36.0 Å². The van der Waals surface area contributed by atoms with Gasteiger partial charge in [0.25, 0.3) is 5.91 Å². The summed E-state index contributed by atoms with van der Waals surface area (Å²) in [4.78, 5) is 12.3. The van der Waals surface area contributed by atoms with Gasteiger partial charge in [0.15, 0.2) is 17.5 Å². The Labute approximate surface area is 187 Å². The van der Waals surface area contributed by atoms with Gasteiger partial charge in [0, 0.05) is 23.9 Å². The molecule has 2 N–H and O–H groups in total. The van der Waals surface area contributed by atoms with E-state index in [9.17, 15) is 26.4 Å². The molecule has 164 valence electrons. The molecule has 0 unspecified atom stereocenters. The fourth-order valence-corrected chi connectivity index (χ4v) is 4.54. The maximum atomic E-state index is 13.3. The highest BCUT2D eigenvalue weighted by Gasteiger charge is 2.24. The zero-order valence-electron chi connectivity index (χ0n) is 15.3. The minimum Gasteiger partial charge on any atom is -0.322 e. The molecule has 5 nitrogen and oxygen atoms in total. The Morgan fingerprint density at radius 1 is 1.03 bits per heavy atom. The number of rotatable bonds is 5. The number of halogens is 4. The van der Waals surface area contributed by atoms with Crippen molar-refractivity contribution in [1.82, 2.24) is 4.72 Å². The van der Waals surface area contributed by atoms with Crippen LogP contribution in [0.5, 0.6) is 0 Å². The van der Waals surface area contributed by atoms with Crippen LogP contribution in [-0.4, -0.2) is 20.4 Å². The van der Waals surface area contributed by atoms with Crippen molar-refractivity contribution in [3.8, 4) is 0 Å². The van der Waals surface area contributed by atoms with Gasteiger partial charge < -0.3 is 5.32 Å². The highest BCUT2D eigenvalue weighted by atomic mass is 35.5. The van der Waals surface area contributed by atoms with Crippen molar-refractivity contribution >= 4 is 56.5 Å². The molecule has 0 aliphatic heterocycles. The molecule has 1 amide bonds. The predicted octanol–water partition coefficient (Wildman–Crippen LogP) is 4.99.